The van der Waals surface area contributed by atoms with E-state index in [9.17, 15) is 9.90 Å². The van der Waals surface area contributed by atoms with Crippen molar-refractivity contribution in [2.24, 2.45) is 0 Å². The van der Waals surface area contributed by atoms with E-state index in [4.69, 9.17) is 5.11 Å². The molecule has 1 heterocycles. The van der Waals surface area contributed by atoms with Crippen LogP contribution in [0.1, 0.15) is 18.4 Å². The fraction of sp³-hybridized carbons (Fsp3) is 0.353. The smallest absolute Gasteiger partial charge is 0.335 e. The first-order valence-corrected chi connectivity index (χ1v) is 7.23. The first kappa shape index (κ1) is 14.0. The van der Waals surface area contributed by atoms with E-state index in [1.165, 1.54) is 16.3 Å². The van der Waals surface area contributed by atoms with E-state index >= 15 is 0 Å². The second-order valence-electron chi connectivity index (χ2n) is 5.75. The van der Waals surface area contributed by atoms with Crippen LogP contribution in [0.25, 0.3) is 10.8 Å². The lowest BCUT2D eigenvalue weighted by atomic mass is 9.91. The Kier molecular flexibility index (Phi) is 3.66. The molecule has 0 spiro atoms. The molecule has 0 bridgehead atoms. The van der Waals surface area contributed by atoms with Gasteiger partial charge in [-0.25, -0.2) is 4.79 Å². The lowest BCUT2D eigenvalue weighted by molar-refractivity contribution is -0.163. The minimum atomic E-state index is -1.55. The standard InChI is InChI=1S/C17H19NO3/c19-16(20)17(21)8-10-18(11-9-17)12-14-6-3-5-13-4-1-2-7-15(13)14/h1-7,21H,8-12H2,(H,19,20). The Bertz CT molecular complexity index is 655. The molecule has 2 aromatic rings. The Balaban J connectivity index is 1.74. The Hall–Kier alpha value is -1.91. The average Bonchev–Trinajstić information content (AvgIpc) is 2.50. The molecule has 4 heteroatoms. The lowest BCUT2D eigenvalue weighted by Crippen LogP contribution is -2.49. The number of nitrogens with zero attached hydrogens (tertiary/aromatic N) is 1. The van der Waals surface area contributed by atoms with Crippen LogP contribution in [-0.4, -0.2) is 39.8 Å². The van der Waals surface area contributed by atoms with Gasteiger partial charge in [-0.05, 0) is 29.2 Å². The van der Waals surface area contributed by atoms with Gasteiger partial charge in [0.05, 0.1) is 0 Å². The van der Waals surface area contributed by atoms with Crippen LogP contribution in [0.2, 0.25) is 0 Å². The minimum absolute atomic E-state index is 0.285. The Morgan fingerprint density at radius 2 is 1.76 bits per heavy atom. The molecule has 0 unspecified atom stereocenters. The zero-order chi connectivity index (χ0) is 14.9. The summed E-state index contributed by atoms with van der Waals surface area (Å²) in [4.78, 5) is 13.3. The van der Waals surface area contributed by atoms with E-state index in [-0.39, 0.29) is 12.8 Å². The fourth-order valence-corrected chi connectivity index (χ4v) is 2.97. The number of benzene rings is 2. The molecule has 0 saturated carbocycles. The van der Waals surface area contributed by atoms with Crippen molar-refractivity contribution in [3.05, 3.63) is 48.0 Å². The zero-order valence-electron chi connectivity index (χ0n) is 11.8. The number of carboxylic acid groups (broad SMARTS) is 1. The van der Waals surface area contributed by atoms with Crippen molar-refractivity contribution in [1.29, 1.82) is 0 Å². The van der Waals surface area contributed by atoms with E-state index in [0.29, 0.717) is 13.1 Å². The molecule has 2 N–H and O–H groups in total. The summed E-state index contributed by atoms with van der Waals surface area (Å²) in [6.45, 7) is 2.00. The van der Waals surface area contributed by atoms with Gasteiger partial charge < -0.3 is 10.2 Å². The average molecular weight is 285 g/mol. The highest BCUT2D eigenvalue weighted by atomic mass is 16.4. The molecule has 1 aliphatic heterocycles. The maximum absolute atomic E-state index is 11.0. The highest BCUT2D eigenvalue weighted by molar-refractivity contribution is 5.85. The van der Waals surface area contributed by atoms with Crippen LogP contribution in [0.15, 0.2) is 42.5 Å². The highest BCUT2D eigenvalue weighted by Crippen LogP contribution is 2.25. The van der Waals surface area contributed by atoms with Gasteiger partial charge in [-0.2, -0.15) is 0 Å². The SMILES string of the molecule is O=C(O)C1(O)CCN(Cc2cccc3ccccc23)CC1. The summed E-state index contributed by atoms with van der Waals surface area (Å²) in [6.07, 6.45) is 0.570. The molecule has 0 radical (unpaired) electrons. The largest absolute Gasteiger partial charge is 0.479 e. The second-order valence-corrected chi connectivity index (χ2v) is 5.75. The summed E-state index contributed by atoms with van der Waals surface area (Å²) in [5.41, 5.74) is -0.302. The molecule has 110 valence electrons. The molecule has 1 saturated heterocycles. The minimum Gasteiger partial charge on any atom is -0.479 e. The molecule has 2 aromatic carbocycles. The van der Waals surface area contributed by atoms with Gasteiger partial charge in [-0.15, -0.1) is 0 Å². The third kappa shape index (κ3) is 2.77. The quantitative estimate of drug-likeness (QED) is 0.908. The predicted octanol–water partition coefficient (Wildman–Crippen LogP) is 2.25. The van der Waals surface area contributed by atoms with Gasteiger partial charge in [0.15, 0.2) is 5.60 Å². The molecular weight excluding hydrogens is 266 g/mol. The van der Waals surface area contributed by atoms with Gasteiger partial charge in [0.25, 0.3) is 0 Å². The van der Waals surface area contributed by atoms with E-state index in [2.05, 4.69) is 35.2 Å². The first-order valence-electron chi connectivity index (χ1n) is 7.23. The number of aliphatic hydroxyl groups is 1. The topological polar surface area (TPSA) is 60.8 Å². The van der Waals surface area contributed by atoms with Crippen molar-refractivity contribution in [3.8, 4) is 0 Å². The van der Waals surface area contributed by atoms with E-state index in [1.807, 2.05) is 12.1 Å². The second kappa shape index (κ2) is 5.47. The van der Waals surface area contributed by atoms with Crippen molar-refractivity contribution < 1.29 is 15.0 Å². The first-order chi connectivity index (χ1) is 10.1. The van der Waals surface area contributed by atoms with Gasteiger partial charge in [-0.1, -0.05) is 42.5 Å². The van der Waals surface area contributed by atoms with Gasteiger partial charge in [0, 0.05) is 19.6 Å². The van der Waals surface area contributed by atoms with E-state index < -0.39 is 11.6 Å². The van der Waals surface area contributed by atoms with Crippen molar-refractivity contribution in [1.82, 2.24) is 4.90 Å². The number of rotatable bonds is 3. The summed E-state index contributed by atoms with van der Waals surface area (Å²) in [6, 6.07) is 14.5. The Morgan fingerprint density at radius 3 is 2.48 bits per heavy atom. The van der Waals surface area contributed by atoms with E-state index in [1.54, 1.807) is 0 Å². The van der Waals surface area contributed by atoms with Crippen LogP contribution >= 0.6 is 0 Å². The highest BCUT2D eigenvalue weighted by Gasteiger charge is 2.39. The predicted molar refractivity (Wildman–Crippen MR) is 81.0 cm³/mol. The maximum Gasteiger partial charge on any atom is 0.335 e. The van der Waals surface area contributed by atoms with Crippen molar-refractivity contribution in [2.45, 2.75) is 25.0 Å². The van der Waals surface area contributed by atoms with Crippen molar-refractivity contribution >= 4 is 16.7 Å². The van der Waals surface area contributed by atoms with Crippen LogP contribution in [0.5, 0.6) is 0 Å². The summed E-state index contributed by atoms with van der Waals surface area (Å²) >= 11 is 0. The Labute approximate surface area is 123 Å². The molecule has 4 nitrogen and oxygen atoms in total. The molecule has 0 amide bonds. The van der Waals surface area contributed by atoms with Crippen LogP contribution in [0.3, 0.4) is 0 Å². The van der Waals surface area contributed by atoms with Crippen LogP contribution < -0.4 is 0 Å². The number of carbonyl (C=O) groups is 1. The molecule has 3 rings (SSSR count). The molecule has 0 aromatic heterocycles. The maximum atomic E-state index is 11.0. The van der Waals surface area contributed by atoms with Crippen LogP contribution in [-0.2, 0) is 11.3 Å². The van der Waals surface area contributed by atoms with Gasteiger partial charge in [0.1, 0.15) is 0 Å². The lowest BCUT2D eigenvalue weighted by Gasteiger charge is -2.35. The van der Waals surface area contributed by atoms with Gasteiger partial charge >= 0.3 is 5.97 Å². The molecule has 1 aliphatic rings. The zero-order valence-corrected chi connectivity index (χ0v) is 11.8. The number of carboxylic acids is 1. The molecule has 1 fully saturated rings. The van der Waals surface area contributed by atoms with E-state index in [0.717, 1.165) is 6.54 Å². The molecule has 21 heavy (non-hydrogen) atoms. The number of hydrogen-bond acceptors (Lipinski definition) is 3. The Morgan fingerprint density at radius 1 is 1.10 bits per heavy atom. The van der Waals surface area contributed by atoms with Crippen LogP contribution in [0, 0.1) is 0 Å². The summed E-state index contributed by atoms with van der Waals surface area (Å²) in [5, 5.41) is 21.5. The summed E-state index contributed by atoms with van der Waals surface area (Å²) < 4.78 is 0. The molecule has 0 atom stereocenters. The van der Waals surface area contributed by atoms with Crippen molar-refractivity contribution in [2.75, 3.05) is 13.1 Å². The molecule has 0 aliphatic carbocycles. The van der Waals surface area contributed by atoms with Gasteiger partial charge in [0.2, 0.25) is 0 Å². The summed E-state index contributed by atoms with van der Waals surface area (Å²) in [7, 11) is 0. The number of piperidine rings is 1. The number of aliphatic carboxylic acids is 1. The third-order valence-electron chi connectivity index (χ3n) is 4.36. The fourth-order valence-electron chi connectivity index (χ4n) is 2.97. The number of hydrogen-bond donors (Lipinski definition) is 2. The van der Waals surface area contributed by atoms with Gasteiger partial charge in [-0.3, -0.25) is 4.90 Å². The monoisotopic (exact) mass is 285 g/mol. The molecular formula is C17H19NO3. The van der Waals surface area contributed by atoms with Crippen LogP contribution in [0.4, 0.5) is 0 Å². The normalized spacial score (nSPS) is 18.7. The number of likely N-dealkylation sites (tertiary alicyclic amines) is 1. The third-order valence-corrected chi connectivity index (χ3v) is 4.36. The number of fused-ring (bicyclic) bond motifs is 1. The summed E-state index contributed by atoms with van der Waals surface area (Å²) in [5.74, 6) is -1.10. The van der Waals surface area contributed by atoms with Crippen molar-refractivity contribution in [3.63, 3.8) is 0 Å².